The number of hydrogen-bond acceptors (Lipinski definition) is 7. The maximum Gasteiger partial charge on any atom is 0.252 e. The third-order valence-corrected chi connectivity index (χ3v) is 7.94. The van der Waals surface area contributed by atoms with Crippen LogP contribution in [0.5, 0.6) is 0 Å². The van der Waals surface area contributed by atoms with Crippen LogP contribution in [0, 0.1) is 0 Å². The van der Waals surface area contributed by atoms with E-state index in [1.807, 2.05) is 35.4 Å². The number of piperazine rings is 2. The van der Waals surface area contributed by atoms with Crippen LogP contribution in [-0.2, 0) is 4.79 Å². The van der Waals surface area contributed by atoms with Crippen molar-refractivity contribution in [2.45, 2.75) is 39.3 Å². The van der Waals surface area contributed by atoms with E-state index in [1.54, 1.807) is 13.1 Å². The quantitative estimate of drug-likeness (QED) is 0.450. The molecule has 10 nitrogen and oxygen atoms in total. The van der Waals surface area contributed by atoms with E-state index in [4.69, 9.17) is 4.98 Å². The van der Waals surface area contributed by atoms with Gasteiger partial charge in [0.1, 0.15) is 11.5 Å². The molecule has 3 aromatic rings. The number of pyridine rings is 2. The minimum Gasteiger partial charge on any atom is -0.352 e. The lowest BCUT2D eigenvalue weighted by molar-refractivity contribution is -0.133. The van der Waals surface area contributed by atoms with Crippen molar-refractivity contribution < 1.29 is 11.0 Å². The molecule has 0 aromatic carbocycles. The smallest absolute Gasteiger partial charge is 0.252 e. The fourth-order valence-electron chi connectivity index (χ4n) is 5.90. The second-order valence-electron chi connectivity index (χ2n) is 11.0. The Kier molecular flexibility index (Phi) is 8.13. The van der Waals surface area contributed by atoms with Gasteiger partial charge in [-0.25, -0.2) is 9.97 Å². The zero-order valence-corrected chi connectivity index (χ0v) is 23.5. The molecule has 0 bridgehead atoms. The van der Waals surface area contributed by atoms with Gasteiger partial charge in [0, 0.05) is 89.6 Å². The molecule has 0 unspecified atom stereocenters. The van der Waals surface area contributed by atoms with Gasteiger partial charge in [0.05, 0.1) is 11.3 Å². The van der Waals surface area contributed by atoms with Gasteiger partial charge in [-0.05, 0) is 52.1 Å². The number of fused-ring (bicyclic) bond motifs is 1. The Hall–Kier alpha value is -3.50. The highest BCUT2D eigenvalue weighted by molar-refractivity contribution is 6.00. The lowest BCUT2D eigenvalue weighted by Gasteiger charge is -2.44. The van der Waals surface area contributed by atoms with E-state index in [0.717, 1.165) is 80.3 Å². The van der Waals surface area contributed by atoms with Crippen molar-refractivity contribution in [3.8, 4) is 11.3 Å². The molecule has 210 valence electrons. The standard InChI is InChI=1S/C29H40N8O2.H2/c1-20-18-36(19-21(2)37(20)22(3)38)27-8-5-7-26(33-27)25-17-32-28-24(25)15-23(16-31-28)29(39)30-9-6-10-35-13-11-34(4)12-14-35;/h5,7-8,15-17,20-21H,6,9-14,18-19H2,1-4H3,(H,30,39)(H,31,32);1H/t20-,21+;. The molecule has 2 aliphatic rings. The van der Waals surface area contributed by atoms with E-state index in [0.29, 0.717) is 12.1 Å². The summed E-state index contributed by atoms with van der Waals surface area (Å²) < 4.78 is 0. The van der Waals surface area contributed by atoms with Gasteiger partial charge in [0.2, 0.25) is 5.91 Å². The Morgan fingerprint density at radius 2 is 1.87 bits per heavy atom. The Bertz CT molecular complexity index is 1310. The van der Waals surface area contributed by atoms with Crippen molar-refractivity contribution in [2.24, 2.45) is 0 Å². The third-order valence-electron chi connectivity index (χ3n) is 7.94. The van der Waals surface area contributed by atoms with Gasteiger partial charge in [0.25, 0.3) is 5.91 Å². The Labute approximate surface area is 231 Å². The molecule has 2 fully saturated rings. The number of nitrogens with zero attached hydrogens (tertiary/aromatic N) is 6. The summed E-state index contributed by atoms with van der Waals surface area (Å²) >= 11 is 0. The molecule has 5 heterocycles. The summed E-state index contributed by atoms with van der Waals surface area (Å²) in [7, 11) is 2.16. The fourth-order valence-corrected chi connectivity index (χ4v) is 5.90. The Morgan fingerprint density at radius 3 is 2.59 bits per heavy atom. The van der Waals surface area contributed by atoms with Crippen molar-refractivity contribution in [1.29, 1.82) is 0 Å². The van der Waals surface area contributed by atoms with Crippen molar-refractivity contribution >= 4 is 28.7 Å². The van der Waals surface area contributed by atoms with E-state index in [1.165, 1.54) is 0 Å². The highest BCUT2D eigenvalue weighted by atomic mass is 16.2. The van der Waals surface area contributed by atoms with Crippen molar-refractivity contribution in [3.05, 3.63) is 42.2 Å². The van der Waals surface area contributed by atoms with Gasteiger partial charge in [-0.3, -0.25) is 9.59 Å². The van der Waals surface area contributed by atoms with E-state index in [2.05, 4.69) is 50.9 Å². The number of amides is 2. The molecular formula is C29H42N8O2. The number of hydrogen-bond donors (Lipinski definition) is 2. The second kappa shape index (κ2) is 11.7. The summed E-state index contributed by atoms with van der Waals surface area (Å²) in [6, 6.07) is 8.12. The molecule has 0 spiro atoms. The maximum atomic E-state index is 12.9. The molecule has 2 saturated heterocycles. The molecule has 2 N–H and O–H groups in total. The molecule has 3 aromatic heterocycles. The first-order valence-corrected chi connectivity index (χ1v) is 14.0. The van der Waals surface area contributed by atoms with Gasteiger partial charge in [-0.15, -0.1) is 0 Å². The predicted octanol–water partition coefficient (Wildman–Crippen LogP) is 2.68. The van der Waals surface area contributed by atoms with E-state index in [9.17, 15) is 9.59 Å². The molecule has 0 radical (unpaired) electrons. The van der Waals surface area contributed by atoms with Gasteiger partial charge in [-0.2, -0.15) is 0 Å². The minimum atomic E-state index is -0.108. The zero-order chi connectivity index (χ0) is 27.5. The second-order valence-corrected chi connectivity index (χ2v) is 11.0. The molecule has 39 heavy (non-hydrogen) atoms. The molecule has 0 saturated carbocycles. The first-order chi connectivity index (χ1) is 18.8. The monoisotopic (exact) mass is 534 g/mol. The van der Waals surface area contributed by atoms with Gasteiger partial charge in [0.15, 0.2) is 0 Å². The summed E-state index contributed by atoms with van der Waals surface area (Å²) in [5, 5.41) is 3.93. The first kappa shape index (κ1) is 27.1. The Balaban J connectivity index is 0.00000370. The number of rotatable bonds is 7. The summed E-state index contributed by atoms with van der Waals surface area (Å²) in [4.78, 5) is 46.7. The van der Waals surface area contributed by atoms with Crippen LogP contribution in [0.25, 0.3) is 22.3 Å². The highest BCUT2D eigenvalue weighted by Gasteiger charge is 2.31. The van der Waals surface area contributed by atoms with Crippen molar-refractivity contribution in [1.82, 2.24) is 35.0 Å². The number of carbonyl (C=O) groups excluding carboxylic acids is 2. The van der Waals surface area contributed by atoms with Crippen LogP contribution in [0.15, 0.2) is 36.7 Å². The average Bonchev–Trinajstić information content (AvgIpc) is 3.35. The van der Waals surface area contributed by atoms with Crippen LogP contribution in [0.4, 0.5) is 5.82 Å². The molecule has 5 rings (SSSR count). The number of H-pyrrole nitrogens is 1. The zero-order valence-electron chi connectivity index (χ0n) is 23.5. The molecule has 2 amide bonds. The van der Waals surface area contributed by atoms with Crippen LogP contribution >= 0.6 is 0 Å². The SMILES string of the molecule is CC(=O)N1[C@H](C)CN(c2cccc(-c3c[nH]c4ncc(C(=O)NCCCN5CCN(C)CC5)cc34)n2)C[C@@H]1C.[HH]. The number of aromatic nitrogens is 3. The van der Waals surface area contributed by atoms with E-state index < -0.39 is 0 Å². The molecule has 2 aliphatic heterocycles. The maximum absolute atomic E-state index is 12.9. The Morgan fingerprint density at radius 1 is 1.13 bits per heavy atom. The van der Waals surface area contributed by atoms with E-state index >= 15 is 0 Å². The number of carbonyl (C=O) groups is 2. The third kappa shape index (κ3) is 6.07. The predicted molar refractivity (Wildman–Crippen MR) is 156 cm³/mol. The van der Waals surface area contributed by atoms with Gasteiger partial charge >= 0.3 is 0 Å². The average molecular weight is 535 g/mol. The summed E-state index contributed by atoms with van der Waals surface area (Å²) in [5.74, 6) is 0.881. The first-order valence-electron chi connectivity index (χ1n) is 14.0. The van der Waals surface area contributed by atoms with Crippen molar-refractivity contribution in [3.63, 3.8) is 0 Å². The largest absolute Gasteiger partial charge is 0.352 e. The number of anilines is 1. The van der Waals surface area contributed by atoms with Gasteiger partial charge in [-0.1, -0.05) is 6.07 Å². The number of likely N-dealkylation sites (N-methyl/N-ethyl adjacent to an activating group) is 1. The molecule has 10 heteroatoms. The van der Waals surface area contributed by atoms with Crippen molar-refractivity contribution in [2.75, 3.05) is 64.3 Å². The molecular weight excluding hydrogens is 492 g/mol. The summed E-state index contributed by atoms with van der Waals surface area (Å²) in [6.45, 7) is 13.3. The van der Waals surface area contributed by atoms with Crippen LogP contribution in [0.2, 0.25) is 0 Å². The summed E-state index contributed by atoms with van der Waals surface area (Å²) in [5.41, 5.74) is 3.00. The molecule has 2 atom stereocenters. The van der Waals surface area contributed by atoms with Crippen LogP contribution in [-0.4, -0.2) is 113 Å². The van der Waals surface area contributed by atoms with E-state index in [-0.39, 0.29) is 25.3 Å². The van der Waals surface area contributed by atoms with Gasteiger partial charge < -0.3 is 29.9 Å². The van der Waals surface area contributed by atoms with Crippen LogP contribution < -0.4 is 10.2 Å². The van der Waals surface area contributed by atoms with Crippen LogP contribution in [0.3, 0.4) is 0 Å². The van der Waals surface area contributed by atoms with Crippen LogP contribution in [0.1, 0.15) is 39.0 Å². The normalized spacial score (nSPS) is 20.9. The number of aromatic amines is 1. The summed E-state index contributed by atoms with van der Waals surface area (Å²) in [6.07, 6.45) is 4.45. The highest BCUT2D eigenvalue weighted by Crippen LogP contribution is 2.29. The number of nitrogens with one attached hydrogen (secondary N) is 2. The molecule has 0 aliphatic carbocycles. The topological polar surface area (TPSA) is 101 Å². The lowest BCUT2D eigenvalue weighted by atomic mass is 10.1. The lowest BCUT2D eigenvalue weighted by Crippen LogP contribution is -2.58. The minimum absolute atomic E-state index is 0. The fraction of sp³-hybridized carbons (Fsp3) is 0.517.